The van der Waals surface area contributed by atoms with Crippen molar-refractivity contribution < 1.29 is 14.3 Å². The largest absolute Gasteiger partial charge is 0.490 e. The Labute approximate surface area is 133 Å². The number of hydrogen-bond donors (Lipinski definition) is 1. The average Bonchev–Trinajstić information content (AvgIpc) is 3.04. The molecule has 22 heavy (non-hydrogen) atoms. The Hall–Kier alpha value is -1.71. The molecule has 0 heterocycles. The van der Waals surface area contributed by atoms with Gasteiger partial charge in [0.15, 0.2) is 11.5 Å². The average molecular weight is 305 g/mol. The predicted octanol–water partition coefficient (Wildman–Crippen LogP) is 3.85. The van der Waals surface area contributed by atoms with Crippen molar-refractivity contribution in [2.45, 2.75) is 52.5 Å². The molecule has 1 aromatic rings. The van der Waals surface area contributed by atoms with Crippen LogP contribution in [-0.4, -0.2) is 19.1 Å². The highest BCUT2D eigenvalue weighted by Crippen LogP contribution is 2.31. The summed E-state index contributed by atoms with van der Waals surface area (Å²) < 4.78 is 11.2. The van der Waals surface area contributed by atoms with Gasteiger partial charge in [0.2, 0.25) is 5.91 Å². The fraction of sp³-hybridized carbons (Fsp3) is 0.611. The second-order valence-electron chi connectivity index (χ2n) is 5.78. The number of ether oxygens (including phenoxy) is 2. The van der Waals surface area contributed by atoms with Crippen LogP contribution in [0.5, 0.6) is 11.5 Å². The molecule has 4 nitrogen and oxygen atoms in total. The molecule has 4 heteroatoms. The molecule has 1 saturated carbocycles. The lowest BCUT2D eigenvalue weighted by molar-refractivity contribution is -0.125. The highest BCUT2D eigenvalue weighted by atomic mass is 16.5. The van der Waals surface area contributed by atoms with Gasteiger partial charge in [-0.1, -0.05) is 18.9 Å². The first-order valence-electron chi connectivity index (χ1n) is 8.35. The summed E-state index contributed by atoms with van der Waals surface area (Å²) >= 11 is 0. The lowest BCUT2D eigenvalue weighted by atomic mass is 10.0. The maximum Gasteiger partial charge on any atom is 0.223 e. The molecule has 0 saturated heterocycles. The van der Waals surface area contributed by atoms with Crippen molar-refractivity contribution >= 4 is 5.91 Å². The standard InChI is InChI=1S/C18H27NO3/c1-4-21-16-11-10-15(12-17(16)22-5-2)13(3)19-18(20)14-8-6-7-9-14/h10-14H,4-9H2,1-3H3,(H,19,20). The lowest BCUT2D eigenvalue weighted by Crippen LogP contribution is -2.31. The second-order valence-corrected chi connectivity index (χ2v) is 5.78. The van der Waals surface area contributed by atoms with E-state index in [-0.39, 0.29) is 17.9 Å². The molecule has 1 fully saturated rings. The van der Waals surface area contributed by atoms with Crippen LogP contribution in [0.3, 0.4) is 0 Å². The fourth-order valence-corrected chi connectivity index (χ4v) is 2.94. The van der Waals surface area contributed by atoms with Crippen LogP contribution in [0.25, 0.3) is 0 Å². The molecule has 0 spiro atoms. The van der Waals surface area contributed by atoms with E-state index in [0.717, 1.165) is 29.9 Å². The topological polar surface area (TPSA) is 47.6 Å². The number of rotatable bonds is 7. The molecule has 1 unspecified atom stereocenters. The van der Waals surface area contributed by atoms with Crippen LogP contribution < -0.4 is 14.8 Å². The molecule has 1 aliphatic rings. The van der Waals surface area contributed by atoms with Crippen molar-refractivity contribution in [3.05, 3.63) is 23.8 Å². The number of nitrogens with one attached hydrogen (secondary N) is 1. The van der Waals surface area contributed by atoms with Gasteiger partial charge in [-0.05, 0) is 51.3 Å². The summed E-state index contributed by atoms with van der Waals surface area (Å²) in [6, 6.07) is 5.85. The SMILES string of the molecule is CCOc1ccc(C(C)NC(=O)C2CCCC2)cc1OCC. The third kappa shape index (κ3) is 4.15. The van der Waals surface area contributed by atoms with E-state index in [1.165, 1.54) is 12.8 Å². The zero-order chi connectivity index (χ0) is 15.9. The third-order valence-electron chi connectivity index (χ3n) is 4.15. The Bertz CT molecular complexity index is 495. The smallest absolute Gasteiger partial charge is 0.223 e. The molecular weight excluding hydrogens is 278 g/mol. The summed E-state index contributed by atoms with van der Waals surface area (Å²) in [6.07, 6.45) is 4.38. The van der Waals surface area contributed by atoms with E-state index < -0.39 is 0 Å². The van der Waals surface area contributed by atoms with Crippen LogP contribution >= 0.6 is 0 Å². The molecule has 1 aromatic carbocycles. The van der Waals surface area contributed by atoms with Gasteiger partial charge in [-0.25, -0.2) is 0 Å². The van der Waals surface area contributed by atoms with Gasteiger partial charge < -0.3 is 14.8 Å². The summed E-state index contributed by atoms with van der Waals surface area (Å²) in [5.41, 5.74) is 1.04. The highest BCUT2D eigenvalue weighted by Gasteiger charge is 2.24. The van der Waals surface area contributed by atoms with Gasteiger partial charge in [0.1, 0.15) is 0 Å². The van der Waals surface area contributed by atoms with Crippen molar-refractivity contribution in [2.24, 2.45) is 5.92 Å². The van der Waals surface area contributed by atoms with Crippen LogP contribution in [0.1, 0.15) is 58.1 Å². The van der Waals surface area contributed by atoms with E-state index in [1.807, 2.05) is 39.0 Å². The van der Waals surface area contributed by atoms with Gasteiger partial charge >= 0.3 is 0 Å². The molecule has 1 aliphatic carbocycles. The predicted molar refractivity (Wildman–Crippen MR) is 87.3 cm³/mol. The van der Waals surface area contributed by atoms with E-state index in [4.69, 9.17) is 9.47 Å². The maximum atomic E-state index is 12.2. The number of benzene rings is 1. The number of hydrogen-bond acceptors (Lipinski definition) is 3. The molecule has 0 aliphatic heterocycles. The molecule has 2 rings (SSSR count). The van der Waals surface area contributed by atoms with Gasteiger partial charge in [0, 0.05) is 5.92 Å². The number of carbonyl (C=O) groups is 1. The quantitative estimate of drug-likeness (QED) is 0.832. The first-order chi connectivity index (χ1) is 10.7. The summed E-state index contributed by atoms with van der Waals surface area (Å²) in [5, 5.41) is 3.12. The van der Waals surface area contributed by atoms with E-state index in [9.17, 15) is 4.79 Å². The first kappa shape index (κ1) is 16.7. The maximum absolute atomic E-state index is 12.2. The Morgan fingerprint density at radius 1 is 1.18 bits per heavy atom. The first-order valence-corrected chi connectivity index (χ1v) is 8.35. The molecule has 122 valence electrons. The van der Waals surface area contributed by atoms with E-state index in [1.54, 1.807) is 0 Å². The van der Waals surface area contributed by atoms with Crippen molar-refractivity contribution in [1.29, 1.82) is 0 Å². The van der Waals surface area contributed by atoms with Gasteiger partial charge in [-0.2, -0.15) is 0 Å². The van der Waals surface area contributed by atoms with E-state index in [0.29, 0.717) is 13.2 Å². The monoisotopic (exact) mass is 305 g/mol. The van der Waals surface area contributed by atoms with Crippen molar-refractivity contribution in [3.8, 4) is 11.5 Å². The zero-order valence-electron chi connectivity index (χ0n) is 13.9. The molecule has 0 bridgehead atoms. The Morgan fingerprint density at radius 2 is 1.82 bits per heavy atom. The summed E-state index contributed by atoms with van der Waals surface area (Å²) in [5.74, 6) is 1.86. The number of amides is 1. The number of carbonyl (C=O) groups excluding carboxylic acids is 1. The van der Waals surface area contributed by atoms with E-state index in [2.05, 4.69) is 5.32 Å². The Balaban J connectivity index is 2.06. The van der Waals surface area contributed by atoms with Crippen molar-refractivity contribution in [3.63, 3.8) is 0 Å². The molecule has 0 radical (unpaired) electrons. The minimum atomic E-state index is -0.0250. The van der Waals surface area contributed by atoms with Gasteiger partial charge in [-0.15, -0.1) is 0 Å². The molecule has 1 atom stereocenters. The van der Waals surface area contributed by atoms with Crippen LogP contribution in [0.4, 0.5) is 0 Å². The van der Waals surface area contributed by atoms with Crippen LogP contribution in [-0.2, 0) is 4.79 Å². The zero-order valence-corrected chi connectivity index (χ0v) is 13.9. The minimum absolute atomic E-state index is 0.0250. The van der Waals surface area contributed by atoms with Gasteiger partial charge in [-0.3, -0.25) is 4.79 Å². The van der Waals surface area contributed by atoms with Crippen LogP contribution in [0.15, 0.2) is 18.2 Å². The highest BCUT2D eigenvalue weighted by molar-refractivity contribution is 5.79. The Kier molecular flexibility index (Phi) is 6.10. The van der Waals surface area contributed by atoms with Crippen LogP contribution in [0.2, 0.25) is 0 Å². The van der Waals surface area contributed by atoms with Crippen molar-refractivity contribution in [2.75, 3.05) is 13.2 Å². The lowest BCUT2D eigenvalue weighted by Gasteiger charge is -2.19. The van der Waals surface area contributed by atoms with Gasteiger partial charge in [0.05, 0.1) is 19.3 Å². The van der Waals surface area contributed by atoms with Gasteiger partial charge in [0.25, 0.3) is 0 Å². The third-order valence-corrected chi connectivity index (χ3v) is 4.15. The normalized spacial score (nSPS) is 16.3. The molecular formula is C18H27NO3. The summed E-state index contributed by atoms with van der Waals surface area (Å²) in [7, 11) is 0. The second kappa shape index (κ2) is 8.06. The van der Waals surface area contributed by atoms with E-state index >= 15 is 0 Å². The summed E-state index contributed by atoms with van der Waals surface area (Å²) in [4.78, 5) is 12.2. The molecule has 1 N–H and O–H groups in total. The van der Waals surface area contributed by atoms with Crippen molar-refractivity contribution in [1.82, 2.24) is 5.32 Å². The Morgan fingerprint density at radius 3 is 2.45 bits per heavy atom. The molecule has 1 amide bonds. The summed E-state index contributed by atoms with van der Waals surface area (Å²) in [6.45, 7) is 7.11. The minimum Gasteiger partial charge on any atom is -0.490 e. The fourth-order valence-electron chi connectivity index (χ4n) is 2.94. The molecule has 0 aromatic heterocycles. The van der Waals surface area contributed by atoms with Crippen LogP contribution in [0, 0.1) is 5.92 Å².